The van der Waals surface area contributed by atoms with Crippen LogP contribution in [0.25, 0.3) is 0 Å². The van der Waals surface area contributed by atoms with E-state index >= 15 is 0 Å². The second kappa shape index (κ2) is 9.00. The number of hydrogen-bond acceptors (Lipinski definition) is 8. The Hall–Kier alpha value is -1.13. The van der Waals surface area contributed by atoms with Crippen molar-refractivity contribution in [2.75, 3.05) is 14.2 Å². The largest absolute Gasteiger partial charge is 0.469 e. The highest BCUT2D eigenvalue weighted by molar-refractivity contribution is 9.10. The predicted molar refractivity (Wildman–Crippen MR) is 77.2 cm³/mol. The molecular formula is C12H13BrO7S. The third kappa shape index (κ3) is 5.29. The van der Waals surface area contributed by atoms with Crippen LogP contribution in [0.3, 0.4) is 0 Å². The van der Waals surface area contributed by atoms with Gasteiger partial charge >= 0.3 is 11.9 Å². The number of benzene rings is 1. The summed E-state index contributed by atoms with van der Waals surface area (Å²) >= 11 is 4.05. The van der Waals surface area contributed by atoms with Gasteiger partial charge < -0.3 is 9.47 Å². The zero-order valence-corrected chi connectivity index (χ0v) is 13.6. The summed E-state index contributed by atoms with van der Waals surface area (Å²) in [6.45, 7) is 0. The molecule has 1 aromatic carbocycles. The zero-order chi connectivity index (χ0) is 15.8. The van der Waals surface area contributed by atoms with Gasteiger partial charge in [0, 0.05) is 16.5 Å². The van der Waals surface area contributed by atoms with Crippen LogP contribution in [-0.4, -0.2) is 31.4 Å². The van der Waals surface area contributed by atoms with E-state index in [1.165, 1.54) is 14.2 Å². The lowest BCUT2D eigenvalue weighted by molar-refractivity contribution is -0.432. The lowest BCUT2D eigenvalue weighted by Crippen LogP contribution is -2.08. The first kappa shape index (κ1) is 17.9. The minimum absolute atomic E-state index is 0.0132. The quantitative estimate of drug-likeness (QED) is 0.334. The molecule has 7 nitrogen and oxygen atoms in total. The average Bonchev–Trinajstić information content (AvgIpc) is 2.50. The van der Waals surface area contributed by atoms with Gasteiger partial charge in [0.25, 0.3) is 0 Å². The highest BCUT2D eigenvalue weighted by atomic mass is 79.9. The van der Waals surface area contributed by atoms with Crippen LogP contribution in [0.1, 0.15) is 27.6 Å². The zero-order valence-electron chi connectivity index (χ0n) is 11.2. The molecule has 0 saturated carbocycles. The molecule has 0 aliphatic carbocycles. The van der Waals surface area contributed by atoms with Crippen LogP contribution >= 0.6 is 28.0 Å². The molecule has 0 amide bonds. The van der Waals surface area contributed by atoms with E-state index in [0.717, 1.165) is 12.0 Å². The molecule has 0 aliphatic rings. The summed E-state index contributed by atoms with van der Waals surface area (Å²) in [4.78, 5) is 22.9. The number of esters is 2. The Bertz CT molecular complexity index is 508. The lowest BCUT2D eigenvalue weighted by atomic mass is 10.1. The first-order valence-electron chi connectivity index (χ1n) is 5.61. The van der Waals surface area contributed by atoms with Crippen LogP contribution in [0.15, 0.2) is 22.7 Å². The smallest absolute Gasteiger partial charge is 0.337 e. The van der Waals surface area contributed by atoms with Crippen LogP contribution < -0.4 is 0 Å². The number of rotatable bonds is 7. The van der Waals surface area contributed by atoms with Crippen molar-refractivity contribution in [2.24, 2.45) is 0 Å². The summed E-state index contributed by atoms with van der Waals surface area (Å²) in [5.74, 6) is -0.938. The minimum Gasteiger partial charge on any atom is -0.469 e. The Labute approximate surface area is 133 Å². The van der Waals surface area contributed by atoms with Gasteiger partial charge in [0.05, 0.1) is 31.5 Å². The predicted octanol–water partition coefficient (Wildman–Crippen LogP) is 2.91. The standard InChI is InChI=1S/C12H13BrO7S/c1-17-11(14)6-10(21-20-19-16)8-4-3-7(5-9(8)13)12(15)18-2/h3-5,10,16H,6H2,1-2H3. The monoisotopic (exact) mass is 380 g/mol. The van der Waals surface area contributed by atoms with Gasteiger partial charge in [0.1, 0.15) is 0 Å². The molecule has 0 heterocycles. The molecule has 21 heavy (non-hydrogen) atoms. The highest BCUT2D eigenvalue weighted by Crippen LogP contribution is 2.37. The fourth-order valence-electron chi connectivity index (χ4n) is 1.53. The second-order valence-electron chi connectivity index (χ2n) is 3.74. The molecule has 9 heteroatoms. The minimum atomic E-state index is -0.509. The molecule has 0 aromatic heterocycles. The summed E-state index contributed by atoms with van der Waals surface area (Å²) in [6, 6.07) is 4.75. The van der Waals surface area contributed by atoms with E-state index in [4.69, 9.17) is 5.26 Å². The van der Waals surface area contributed by atoms with Crippen molar-refractivity contribution in [1.29, 1.82) is 0 Å². The number of ether oxygens (including phenoxy) is 2. The number of hydrogen-bond donors (Lipinski definition) is 1. The van der Waals surface area contributed by atoms with Gasteiger partial charge in [0.2, 0.25) is 0 Å². The first-order valence-corrected chi connectivity index (χ1v) is 7.21. The fraction of sp³-hybridized carbons (Fsp3) is 0.333. The Morgan fingerprint density at radius 2 is 2.05 bits per heavy atom. The van der Waals surface area contributed by atoms with Gasteiger partial charge in [-0.05, 0) is 17.7 Å². The molecule has 0 fully saturated rings. The Kier molecular flexibility index (Phi) is 7.68. The molecule has 1 rings (SSSR count). The van der Waals surface area contributed by atoms with E-state index in [1.807, 2.05) is 0 Å². The second-order valence-corrected chi connectivity index (χ2v) is 5.49. The van der Waals surface area contributed by atoms with Crippen molar-refractivity contribution in [1.82, 2.24) is 0 Å². The van der Waals surface area contributed by atoms with Crippen molar-refractivity contribution in [3.8, 4) is 0 Å². The van der Waals surface area contributed by atoms with Gasteiger partial charge in [0.15, 0.2) is 0 Å². The van der Waals surface area contributed by atoms with E-state index in [0.29, 0.717) is 15.6 Å². The topological polar surface area (TPSA) is 91.3 Å². The van der Waals surface area contributed by atoms with E-state index in [1.54, 1.807) is 18.2 Å². The van der Waals surface area contributed by atoms with Crippen molar-refractivity contribution in [3.63, 3.8) is 0 Å². The number of halogens is 1. The molecule has 0 radical (unpaired) electrons. The maximum Gasteiger partial charge on any atom is 0.337 e. The fourth-order valence-corrected chi connectivity index (χ4v) is 2.98. The highest BCUT2D eigenvalue weighted by Gasteiger charge is 2.22. The molecule has 0 aliphatic heterocycles. The average molecular weight is 381 g/mol. The summed E-state index contributed by atoms with van der Waals surface area (Å²) in [5.41, 5.74) is 1.02. The van der Waals surface area contributed by atoms with E-state index in [9.17, 15) is 9.59 Å². The maximum atomic E-state index is 11.4. The first-order chi connectivity index (χ1) is 10.0. The van der Waals surface area contributed by atoms with E-state index in [2.05, 4.69) is 34.8 Å². The number of carbonyl (C=O) groups excluding carboxylic acids is 2. The molecule has 0 bridgehead atoms. The van der Waals surface area contributed by atoms with Crippen LogP contribution in [0.5, 0.6) is 0 Å². The maximum absolute atomic E-state index is 11.4. The lowest BCUT2D eigenvalue weighted by Gasteiger charge is -2.15. The Balaban J connectivity index is 3.00. The number of methoxy groups -OCH3 is 2. The SMILES string of the molecule is COC(=O)CC(SOOO)c1ccc(C(=O)OC)cc1Br. The molecule has 0 saturated heterocycles. The normalized spacial score (nSPS) is 11.8. The van der Waals surface area contributed by atoms with Gasteiger partial charge in [-0.15, -0.1) is 4.33 Å². The molecule has 0 spiro atoms. The summed E-state index contributed by atoms with van der Waals surface area (Å²) in [6.07, 6.45) is -0.0132. The van der Waals surface area contributed by atoms with Crippen molar-refractivity contribution in [2.45, 2.75) is 11.7 Å². The molecule has 1 aromatic rings. The van der Waals surface area contributed by atoms with Crippen LogP contribution in [0, 0.1) is 0 Å². The third-order valence-electron chi connectivity index (χ3n) is 2.53. The summed E-state index contributed by atoms with van der Waals surface area (Å²) in [5, 5.41) is 11.3. The van der Waals surface area contributed by atoms with Crippen LogP contribution in [-0.2, 0) is 23.6 Å². The van der Waals surface area contributed by atoms with Crippen molar-refractivity contribution >= 4 is 39.9 Å². The van der Waals surface area contributed by atoms with Crippen LogP contribution in [0.4, 0.5) is 0 Å². The third-order valence-corrected chi connectivity index (χ3v) is 4.01. The molecule has 1 unspecified atom stereocenters. The van der Waals surface area contributed by atoms with Gasteiger partial charge in [-0.25, -0.2) is 10.1 Å². The molecule has 1 N–H and O–H groups in total. The Morgan fingerprint density at radius 3 is 2.57 bits per heavy atom. The Morgan fingerprint density at radius 1 is 1.33 bits per heavy atom. The van der Waals surface area contributed by atoms with Crippen molar-refractivity contribution in [3.05, 3.63) is 33.8 Å². The number of carbonyl (C=O) groups is 2. The van der Waals surface area contributed by atoms with E-state index in [-0.39, 0.29) is 6.42 Å². The van der Waals surface area contributed by atoms with Crippen LogP contribution in [0.2, 0.25) is 0 Å². The summed E-state index contributed by atoms with van der Waals surface area (Å²) in [7, 11) is 2.55. The summed E-state index contributed by atoms with van der Waals surface area (Å²) < 4.78 is 14.2. The molecule has 1 atom stereocenters. The van der Waals surface area contributed by atoms with Gasteiger partial charge in [-0.1, -0.05) is 27.0 Å². The van der Waals surface area contributed by atoms with Crippen molar-refractivity contribution < 1.29 is 33.7 Å². The van der Waals surface area contributed by atoms with Gasteiger partial charge in [-0.2, -0.15) is 0 Å². The van der Waals surface area contributed by atoms with E-state index < -0.39 is 17.2 Å². The van der Waals surface area contributed by atoms with Gasteiger partial charge in [-0.3, -0.25) is 4.79 Å². The molecular weight excluding hydrogens is 368 g/mol. The molecule has 116 valence electrons.